The van der Waals surface area contributed by atoms with Crippen molar-refractivity contribution >= 4 is 10.0 Å². The van der Waals surface area contributed by atoms with E-state index in [9.17, 15) is 8.42 Å². The van der Waals surface area contributed by atoms with Crippen LogP contribution in [0.3, 0.4) is 0 Å². The van der Waals surface area contributed by atoms with Gasteiger partial charge in [0, 0.05) is 12.6 Å². The summed E-state index contributed by atoms with van der Waals surface area (Å²) in [5.74, 6) is 0.233. The van der Waals surface area contributed by atoms with Crippen LogP contribution in [0.4, 0.5) is 0 Å². The van der Waals surface area contributed by atoms with Gasteiger partial charge in [-0.05, 0) is 26.7 Å². The summed E-state index contributed by atoms with van der Waals surface area (Å²) in [7, 11) is -2.94. The normalized spacial score (nSPS) is 27.3. The van der Waals surface area contributed by atoms with Gasteiger partial charge in [-0.1, -0.05) is 6.42 Å². The lowest BCUT2D eigenvalue weighted by Gasteiger charge is -2.31. The third-order valence-electron chi connectivity index (χ3n) is 2.46. The molecule has 1 aliphatic rings. The van der Waals surface area contributed by atoms with Crippen LogP contribution in [0.1, 0.15) is 33.1 Å². The molecule has 1 heterocycles. The van der Waals surface area contributed by atoms with Gasteiger partial charge in [0.05, 0.1) is 5.75 Å². The van der Waals surface area contributed by atoms with Crippen LogP contribution in [0, 0.1) is 0 Å². The molecule has 1 rings (SSSR count). The topological polar surface area (TPSA) is 37.4 Å². The van der Waals surface area contributed by atoms with Crippen molar-refractivity contribution in [2.24, 2.45) is 0 Å². The number of rotatable bonds is 2. The quantitative estimate of drug-likeness (QED) is 0.658. The number of sulfonamides is 1. The highest BCUT2D eigenvalue weighted by Crippen LogP contribution is 2.19. The molecular formula is C8H17NO2S. The highest BCUT2D eigenvalue weighted by atomic mass is 32.2. The second kappa shape index (κ2) is 3.75. The lowest BCUT2D eigenvalue weighted by molar-refractivity contribution is 0.269. The summed E-state index contributed by atoms with van der Waals surface area (Å²) in [4.78, 5) is 0. The zero-order chi connectivity index (χ0) is 9.19. The van der Waals surface area contributed by atoms with Crippen molar-refractivity contribution in [3.8, 4) is 0 Å². The average Bonchev–Trinajstić information content (AvgIpc) is 2.05. The van der Waals surface area contributed by atoms with Crippen LogP contribution in [0.2, 0.25) is 0 Å². The van der Waals surface area contributed by atoms with E-state index in [4.69, 9.17) is 0 Å². The number of hydrogen-bond donors (Lipinski definition) is 0. The Bertz CT molecular complexity index is 235. The summed E-state index contributed by atoms with van der Waals surface area (Å²) in [5.41, 5.74) is 0. The third kappa shape index (κ3) is 1.98. The predicted octanol–water partition coefficient (Wildman–Crippen LogP) is 1.21. The SMILES string of the molecule is CCS(=O)(=O)N1CCCCC1C. The van der Waals surface area contributed by atoms with Gasteiger partial charge >= 0.3 is 0 Å². The van der Waals surface area contributed by atoms with Gasteiger partial charge < -0.3 is 0 Å². The van der Waals surface area contributed by atoms with E-state index in [0.717, 1.165) is 25.8 Å². The molecule has 4 heteroatoms. The van der Waals surface area contributed by atoms with Crippen LogP contribution in [0.15, 0.2) is 0 Å². The molecule has 0 aromatic rings. The molecule has 1 aliphatic heterocycles. The molecule has 0 aliphatic carbocycles. The van der Waals surface area contributed by atoms with Gasteiger partial charge in [0.1, 0.15) is 0 Å². The van der Waals surface area contributed by atoms with Gasteiger partial charge in [-0.25, -0.2) is 8.42 Å². The second-order valence-corrected chi connectivity index (χ2v) is 5.57. The van der Waals surface area contributed by atoms with Crippen LogP contribution >= 0.6 is 0 Å². The number of piperidine rings is 1. The Kier molecular flexibility index (Phi) is 3.12. The first-order valence-corrected chi connectivity index (χ1v) is 6.18. The summed E-state index contributed by atoms with van der Waals surface area (Å²) in [6.07, 6.45) is 3.19. The molecule has 12 heavy (non-hydrogen) atoms. The molecule has 1 saturated heterocycles. The van der Waals surface area contributed by atoms with E-state index in [1.807, 2.05) is 6.92 Å². The van der Waals surface area contributed by atoms with Crippen molar-refractivity contribution in [3.63, 3.8) is 0 Å². The molecule has 0 aromatic carbocycles. The fraction of sp³-hybridized carbons (Fsp3) is 1.00. The van der Waals surface area contributed by atoms with Gasteiger partial charge in [-0.3, -0.25) is 0 Å². The monoisotopic (exact) mass is 191 g/mol. The van der Waals surface area contributed by atoms with Crippen LogP contribution in [0.5, 0.6) is 0 Å². The molecule has 1 atom stereocenters. The Morgan fingerprint density at radius 2 is 2.08 bits per heavy atom. The Labute approximate surface area is 74.8 Å². The summed E-state index contributed by atoms with van der Waals surface area (Å²) >= 11 is 0. The lowest BCUT2D eigenvalue weighted by Crippen LogP contribution is -2.42. The first kappa shape index (κ1) is 9.99. The van der Waals surface area contributed by atoms with Gasteiger partial charge in [0.25, 0.3) is 0 Å². The third-order valence-corrected chi connectivity index (χ3v) is 4.45. The van der Waals surface area contributed by atoms with Crippen molar-refractivity contribution in [1.29, 1.82) is 0 Å². The van der Waals surface area contributed by atoms with E-state index in [-0.39, 0.29) is 11.8 Å². The summed E-state index contributed by atoms with van der Waals surface area (Å²) < 4.78 is 24.6. The van der Waals surface area contributed by atoms with E-state index >= 15 is 0 Å². The van der Waals surface area contributed by atoms with Crippen LogP contribution in [-0.4, -0.2) is 31.1 Å². The molecule has 72 valence electrons. The summed E-state index contributed by atoms with van der Waals surface area (Å²) in [5, 5.41) is 0. The minimum Gasteiger partial charge on any atom is -0.212 e. The molecule has 0 N–H and O–H groups in total. The molecule has 0 saturated carbocycles. The molecule has 3 nitrogen and oxygen atoms in total. The minimum absolute atomic E-state index is 0.212. The molecule has 1 fully saturated rings. The summed E-state index contributed by atoms with van der Waals surface area (Å²) in [6.45, 7) is 4.42. The standard InChI is InChI=1S/C8H17NO2S/c1-3-12(10,11)9-7-5-4-6-8(9)2/h8H,3-7H2,1-2H3. The minimum atomic E-state index is -2.94. The van der Waals surface area contributed by atoms with Crippen LogP contribution < -0.4 is 0 Å². The molecule has 0 bridgehead atoms. The largest absolute Gasteiger partial charge is 0.214 e. The first-order chi connectivity index (χ1) is 5.58. The van der Waals surface area contributed by atoms with E-state index in [1.165, 1.54) is 0 Å². The first-order valence-electron chi connectivity index (χ1n) is 4.57. The Balaban J connectivity index is 2.72. The zero-order valence-electron chi connectivity index (χ0n) is 7.78. The van der Waals surface area contributed by atoms with Gasteiger partial charge in [0.2, 0.25) is 10.0 Å². The fourth-order valence-corrected chi connectivity index (χ4v) is 3.04. The number of hydrogen-bond acceptors (Lipinski definition) is 2. The lowest BCUT2D eigenvalue weighted by atomic mass is 10.1. The van der Waals surface area contributed by atoms with E-state index in [2.05, 4.69) is 0 Å². The fourth-order valence-electron chi connectivity index (χ4n) is 1.65. The number of nitrogens with zero attached hydrogens (tertiary/aromatic N) is 1. The Morgan fingerprint density at radius 3 is 2.58 bits per heavy atom. The maximum absolute atomic E-state index is 11.5. The molecular weight excluding hydrogens is 174 g/mol. The molecule has 0 spiro atoms. The Hall–Kier alpha value is -0.0900. The van der Waals surface area contributed by atoms with Crippen molar-refractivity contribution in [1.82, 2.24) is 4.31 Å². The summed E-state index contributed by atoms with van der Waals surface area (Å²) in [6, 6.07) is 0.212. The van der Waals surface area contributed by atoms with E-state index in [1.54, 1.807) is 11.2 Å². The highest BCUT2D eigenvalue weighted by molar-refractivity contribution is 7.89. The van der Waals surface area contributed by atoms with Gasteiger partial charge in [-0.15, -0.1) is 0 Å². The van der Waals surface area contributed by atoms with Crippen LogP contribution in [0.25, 0.3) is 0 Å². The van der Waals surface area contributed by atoms with Crippen molar-refractivity contribution in [2.45, 2.75) is 39.2 Å². The van der Waals surface area contributed by atoms with Gasteiger partial charge in [-0.2, -0.15) is 4.31 Å². The predicted molar refractivity (Wildman–Crippen MR) is 49.5 cm³/mol. The van der Waals surface area contributed by atoms with E-state index < -0.39 is 10.0 Å². The van der Waals surface area contributed by atoms with Crippen molar-refractivity contribution in [3.05, 3.63) is 0 Å². The molecule has 1 unspecified atom stereocenters. The molecule has 0 amide bonds. The van der Waals surface area contributed by atoms with Crippen molar-refractivity contribution < 1.29 is 8.42 Å². The van der Waals surface area contributed by atoms with E-state index in [0.29, 0.717) is 0 Å². The van der Waals surface area contributed by atoms with Crippen molar-refractivity contribution in [2.75, 3.05) is 12.3 Å². The maximum Gasteiger partial charge on any atom is 0.214 e. The highest BCUT2D eigenvalue weighted by Gasteiger charge is 2.27. The van der Waals surface area contributed by atoms with Gasteiger partial charge in [0.15, 0.2) is 0 Å². The van der Waals surface area contributed by atoms with Crippen LogP contribution in [-0.2, 0) is 10.0 Å². The maximum atomic E-state index is 11.5. The Morgan fingerprint density at radius 1 is 1.42 bits per heavy atom. The zero-order valence-corrected chi connectivity index (χ0v) is 8.60. The molecule has 0 radical (unpaired) electrons. The average molecular weight is 191 g/mol. The smallest absolute Gasteiger partial charge is 0.212 e. The molecule has 0 aromatic heterocycles. The second-order valence-electron chi connectivity index (χ2n) is 3.36.